The van der Waals surface area contributed by atoms with Gasteiger partial charge in [-0.1, -0.05) is 18.2 Å². The second-order valence-electron chi connectivity index (χ2n) is 6.19. The van der Waals surface area contributed by atoms with Gasteiger partial charge in [0.2, 0.25) is 5.95 Å². The fourth-order valence-electron chi connectivity index (χ4n) is 2.76. The third-order valence-corrected chi connectivity index (χ3v) is 4.01. The van der Waals surface area contributed by atoms with E-state index in [1.54, 1.807) is 0 Å². The highest BCUT2D eigenvalue weighted by atomic mass is 16.5. The Balaban J connectivity index is 1.81. The zero-order chi connectivity index (χ0) is 18.5. The Labute approximate surface area is 154 Å². The van der Waals surface area contributed by atoms with Crippen molar-refractivity contribution in [3.8, 4) is 5.75 Å². The number of aromatic nitrogens is 2. The molecule has 0 aliphatic carbocycles. The van der Waals surface area contributed by atoms with Crippen LogP contribution >= 0.6 is 0 Å². The third-order valence-electron chi connectivity index (χ3n) is 4.01. The van der Waals surface area contributed by atoms with E-state index in [1.165, 1.54) is 0 Å². The molecule has 0 spiro atoms. The second kappa shape index (κ2) is 7.87. The van der Waals surface area contributed by atoms with Gasteiger partial charge in [-0.05, 0) is 63.1 Å². The topological polar surface area (TPSA) is 59.1 Å². The van der Waals surface area contributed by atoms with Crippen molar-refractivity contribution in [2.75, 3.05) is 17.2 Å². The zero-order valence-electron chi connectivity index (χ0n) is 15.6. The summed E-state index contributed by atoms with van der Waals surface area (Å²) in [4.78, 5) is 9.11. The Hall–Kier alpha value is -3.08. The Morgan fingerprint density at radius 2 is 1.58 bits per heavy atom. The van der Waals surface area contributed by atoms with Crippen molar-refractivity contribution in [2.24, 2.45) is 0 Å². The summed E-state index contributed by atoms with van der Waals surface area (Å²) in [7, 11) is 0. The van der Waals surface area contributed by atoms with E-state index >= 15 is 0 Å². The van der Waals surface area contributed by atoms with Gasteiger partial charge >= 0.3 is 0 Å². The molecule has 2 N–H and O–H groups in total. The van der Waals surface area contributed by atoms with E-state index in [2.05, 4.69) is 46.6 Å². The van der Waals surface area contributed by atoms with Gasteiger partial charge in [0.15, 0.2) is 0 Å². The number of ether oxygens (including phenoxy) is 1. The number of nitrogens with zero attached hydrogens (tertiary/aromatic N) is 2. The van der Waals surface area contributed by atoms with Gasteiger partial charge in [-0.2, -0.15) is 4.98 Å². The number of anilines is 4. The van der Waals surface area contributed by atoms with Crippen LogP contribution in [0.2, 0.25) is 0 Å². The average Bonchev–Trinajstić information content (AvgIpc) is 2.60. The van der Waals surface area contributed by atoms with Crippen LogP contribution in [0.15, 0.2) is 48.5 Å². The van der Waals surface area contributed by atoms with Gasteiger partial charge < -0.3 is 15.4 Å². The normalized spacial score (nSPS) is 10.5. The Kier molecular flexibility index (Phi) is 5.37. The number of benzene rings is 2. The second-order valence-corrected chi connectivity index (χ2v) is 6.19. The van der Waals surface area contributed by atoms with Crippen LogP contribution in [-0.2, 0) is 0 Å². The van der Waals surface area contributed by atoms with Gasteiger partial charge in [0.05, 0.1) is 6.61 Å². The van der Waals surface area contributed by atoms with E-state index in [9.17, 15) is 0 Å². The van der Waals surface area contributed by atoms with Crippen molar-refractivity contribution >= 4 is 23.1 Å². The summed E-state index contributed by atoms with van der Waals surface area (Å²) in [5.41, 5.74) is 5.21. The lowest BCUT2D eigenvalue weighted by molar-refractivity contribution is 0.340. The zero-order valence-corrected chi connectivity index (χ0v) is 15.6. The number of aryl methyl sites for hydroxylation is 3. The van der Waals surface area contributed by atoms with Crippen LogP contribution in [0.3, 0.4) is 0 Å². The monoisotopic (exact) mass is 348 g/mol. The first-order chi connectivity index (χ1) is 12.5. The SMILES string of the molecule is CCOc1ccc(Nc2cc(C)nc(Nc3c(C)cccc3C)n2)cc1. The molecule has 0 radical (unpaired) electrons. The minimum Gasteiger partial charge on any atom is -0.494 e. The summed E-state index contributed by atoms with van der Waals surface area (Å²) in [6, 6.07) is 15.9. The van der Waals surface area contributed by atoms with Gasteiger partial charge in [0.1, 0.15) is 11.6 Å². The highest BCUT2D eigenvalue weighted by molar-refractivity contribution is 5.65. The molecule has 0 atom stereocenters. The molecule has 26 heavy (non-hydrogen) atoms. The predicted molar refractivity (Wildman–Crippen MR) is 107 cm³/mol. The Morgan fingerprint density at radius 1 is 0.885 bits per heavy atom. The van der Waals surface area contributed by atoms with Crippen molar-refractivity contribution in [1.29, 1.82) is 0 Å². The molecule has 0 aliphatic heterocycles. The van der Waals surface area contributed by atoms with Gasteiger partial charge in [-0.25, -0.2) is 4.98 Å². The van der Waals surface area contributed by atoms with Crippen molar-refractivity contribution < 1.29 is 4.74 Å². The van der Waals surface area contributed by atoms with Crippen LogP contribution < -0.4 is 15.4 Å². The number of hydrogen-bond acceptors (Lipinski definition) is 5. The molecule has 0 bridgehead atoms. The summed E-state index contributed by atoms with van der Waals surface area (Å²) < 4.78 is 5.47. The number of para-hydroxylation sites is 1. The summed E-state index contributed by atoms with van der Waals surface area (Å²) in [6.07, 6.45) is 0. The van der Waals surface area contributed by atoms with E-state index in [4.69, 9.17) is 4.74 Å². The van der Waals surface area contributed by atoms with E-state index < -0.39 is 0 Å². The fraction of sp³-hybridized carbons (Fsp3) is 0.238. The van der Waals surface area contributed by atoms with E-state index in [0.717, 1.165) is 39.8 Å². The molecule has 5 heteroatoms. The first-order valence-corrected chi connectivity index (χ1v) is 8.74. The molecule has 0 saturated carbocycles. The highest BCUT2D eigenvalue weighted by Gasteiger charge is 2.07. The van der Waals surface area contributed by atoms with Crippen LogP contribution in [0.4, 0.5) is 23.1 Å². The quantitative estimate of drug-likeness (QED) is 0.634. The van der Waals surface area contributed by atoms with Crippen molar-refractivity contribution in [2.45, 2.75) is 27.7 Å². The molecular formula is C21H24N4O. The van der Waals surface area contributed by atoms with Crippen molar-refractivity contribution in [3.05, 3.63) is 65.4 Å². The molecule has 1 heterocycles. The van der Waals surface area contributed by atoms with Crippen LogP contribution in [0, 0.1) is 20.8 Å². The lowest BCUT2D eigenvalue weighted by Gasteiger charge is -2.13. The fourth-order valence-corrected chi connectivity index (χ4v) is 2.76. The maximum atomic E-state index is 5.47. The van der Waals surface area contributed by atoms with Crippen LogP contribution in [0.1, 0.15) is 23.7 Å². The van der Waals surface area contributed by atoms with Crippen LogP contribution in [0.25, 0.3) is 0 Å². The van der Waals surface area contributed by atoms with E-state index in [0.29, 0.717) is 12.6 Å². The Morgan fingerprint density at radius 3 is 2.23 bits per heavy atom. The van der Waals surface area contributed by atoms with Gasteiger partial charge in [-0.3, -0.25) is 0 Å². The largest absolute Gasteiger partial charge is 0.494 e. The maximum Gasteiger partial charge on any atom is 0.229 e. The van der Waals surface area contributed by atoms with Crippen molar-refractivity contribution in [3.63, 3.8) is 0 Å². The van der Waals surface area contributed by atoms with E-state index in [1.807, 2.05) is 50.2 Å². The number of hydrogen-bond donors (Lipinski definition) is 2. The minimum absolute atomic E-state index is 0.579. The third kappa shape index (κ3) is 4.30. The standard InChI is InChI=1S/C21H24N4O/c1-5-26-18-11-9-17(10-12-18)23-19-13-16(4)22-21(24-19)25-20-14(2)7-6-8-15(20)3/h6-13H,5H2,1-4H3,(H2,22,23,24,25). The van der Waals surface area contributed by atoms with Crippen LogP contribution in [0.5, 0.6) is 5.75 Å². The first-order valence-electron chi connectivity index (χ1n) is 8.74. The number of rotatable bonds is 6. The average molecular weight is 348 g/mol. The number of nitrogens with one attached hydrogen (secondary N) is 2. The maximum absolute atomic E-state index is 5.47. The summed E-state index contributed by atoms with van der Waals surface area (Å²) in [6.45, 7) is 8.74. The summed E-state index contributed by atoms with van der Waals surface area (Å²) >= 11 is 0. The predicted octanol–water partition coefficient (Wildman–Crippen LogP) is 5.29. The van der Waals surface area contributed by atoms with E-state index in [-0.39, 0.29) is 0 Å². The summed E-state index contributed by atoms with van der Waals surface area (Å²) in [5.74, 6) is 2.18. The molecule has 3 aromatic rings. The molecule has 0 aliphatic rings. The molecule has 0 fully saturated rings. The molecule has 5 nitrogen and oxygen atoms in total. The molecule has 1 aromatic heterocycles. The smallest absolute Gasteiger partial charge is 0.229 e. The van der Waals surface area contributed by atoms with Gasteiger partial charge in [-0.15, -0.1) is 0 Å². The molecular weight excluding hydrogens is 324 g/mol. The first kappa shape index (κ1) is 17.7. The molecule has 0 amide bonds. The molecule has 2 aromatic carbocycles. The Bertz CT molecular complexity index is 871. The minimum atomic E-state index is 0.579. The highest BCUT2D eigenvalue weighted by Crippen LogP contribution is 2.24. The van der Waals surface area contributed by atoms with Crippen LogP contribution in [-0.4, -0.2) is 16.6 Å². The molecule has 0 unspecified atom stereocenters. The van der Waals surface area contributed by atoms with Crippen molar-refractivity contribution in [1.82, 2.24) is 9.97 Å². The molecule has 0 saturated heterocycles. The lowest BCUT2D eigenvalue weighted by Crippen LogP contribution is -2.04. The molecule has 3 rings (SSSR count). The lowest BCUT2D eigenvalue weighted by atomic mass is 10.1. The van der Waals surface area contributed by atoms with Gasteiger partial charge in [0.25, 0.3) is 0 Å². The van der Waals surface area contributed by atoms with Gasteiger partial charge in [0, 0.05) is 23.1 Å². The summed E-state index contributed by atoms with van der Waals surface area (Å²) in [5, 5.41) is 6.67. The molecule has 134 valence electrons.